The Kier molecular flexibility index (Phi) is 4.79. The van der Waals surface area contributed by atoms with Gasteiger partial charge >= 0.3 is 0 Å². The van der Waals surface area contributed by atoms with E-state index < -0.39 is 17.2 Å². The second kappa shape index (κ2) is 7.13. The van der Waals surface area contributed by atoms with Crippen molar-refractivity contribution < 1.29 is 18.3 Å². The van der Waals surface area contributed by atoms with Crippen LogP contribution in [0, 0.1) is 11.6 Å². The maximum atomic E-state index is 14.5. The predicted octanol–water partition coefficient (Wildman–Crippen LogP) is 3.45. The number of carbonyl (C=O) groups excluding carboxylic acids is 1. The zero-order valence-corrected chi connectivity index (χ0v) is 16.0. The lowest BCUT2D eigenvalue weighted by Gasteiger charge is -2.23. The van der Waals surface area contributed by atoms with Gasteiger partial charge < -0.3 is 9.64 Å². The SMILES string of the molecule is CCOc1ccc(F)c(-c2cc([C@@H]3CC[C@@]4(CCN(C)C4=O)N3)ncc2F)c1. The number of nitrogens with one attached hydrogen (secondary N) is 1. The van der Waals surface area contributed by atoms with Gasteiger partial charge in [-0.15, -0.1) is 0 Å². The molecule has 0 aliphatic carbocycles. The topological polar surface area (TPSA) is 54.5 Å². The second-order valence-corrected chi connectivity index (χ2v) is 7.46. The van der Waals surface area contributed by atoms with Crippen molar-refractivity contribution in [2.45, 2.75) is 37.8 Å². The molecule has 2 aromatic rings. The van der Waals surface area contributed by atoms with E-state index >= 15 is 0 Å². The fraction of sp³-hybridized carbons (Fsp3) is 0.429. The molecule has 0 radical (unpaired) electrons. The number of carbonyl (C=O) groups is 1. The van der Waals surface area contributed by atoms with Crippen LogP contribution in [0.2, 0.25) is 0 Å². The monoisotopic (exact) mass is 387 g/mol. The maximum Gasteiger partial charge on any atom is 0.242 e. The number of hydrogen-bond acceptors (Lipinski definition) is 4. The van der Waals surface area contributed by atoms with Gasteiger partial charge in [0.25, 0.3) is 0 Å². The summed E-state index contributed by atoms with van der Waals surface area (Å²) in [6.45, 7) is 2.99. The van der Waals surface area contributed by atoms with Crippen LogP contribution in [0.4, 0.5) is 8.78 Å². The summed E-state index contributed by atoms with van der Waals surface area (Å²) in [6.07, 6.45) is 3.30. The zero-order valence-electron chi connectivity index (χ0n) is 16.0. The summed E-state index contributed by atoms with van der Waals surface area (Å²) < 4.78 is 34.3. The Morgan fingerprint density at radius 3 is 2.75 bits per heavy atom. The molecule has 7 heteroatoms. The Hall–Kier alpha value is -2.54. The third kappa shape index (κ3) is 3.13. The smallest absolute Gasteiger partial charge is 0.242 e. The van der Waals surface area contributed by atoms with Crippen molar-refractivity contribution in [3.63, 3.8) is 0 Å². The van der Waals surface area contributed by atoms with Gasteiger partial charge in [-0.25, -0.2) is 8.78 Å². The van der Waals surface area contributed by atoms with Gasteiger partial charge in [0, 0.05) is 24.7 Å². The van der Waals surface area contributed by atoms with E-state index in [0.717, 1.165) is 25.6 Å². The molecule has 1 N–H and O–H groups in total. The number of benzene rings is 1. The lowest BCUT2D eigenvalue weighted by Crippen LogP contribution is -2.47. The molecule has 2 aliphatic rings. The van der Waals surface area contributed by atoms with Crippen LogP contribution in [0.1, 0.15) is 37.9 Å². The molecule has 1 aromatic heterocycles. The average Bonchev–Trinajstić information content (AvgIpc) is 3.24. The molecular formula is C21H23F2N3O2. The number of halogens is 2. The summed E-state index contributed by atoms with van der Waals surface area (Å²) in [5.74, 6) is -0.550. The van der Waals surface area contributed by atoms with Crippen LogP contribution in [0.25, 0.3) is 11.1 Å². The minimum atomic E-state index is -0.597. The number of amides is 1. The first kappa shape index (κ1) is 18.8. The standard InChI is InChI=1S/C21H23F2N3O2/c1-3-28-13-4-5-16(22)14(10-13)15-11-19(24-12-17(15)23)18-6-7-21(25-18)8-9-26(2)20(21)27/h4-5,10-12,18,25H,3,6-9H2,1-2H3/t18-,21-/m0/s1. The number of likely N-dealkylation sites (tertiary alicyclic amines) is 1. The molecule has 2 atom stereocenters. The van der Waals surface area contributed by atoms with Crippen molar-refractivity contribution in [1.29, 1.82) is 0 Å². The molecule has 1 spiro atoms. The molecule has 4 rings (SSSR count). The van der Waals surface area contributed by atoms with Crippen molar-refractivity contribution in [2.24, 2.45) is 0 Å². The average molecular weight is 387 g/mol. The highest BCUT2D eigenvalue weighted by atomic mass is 19.1. The summed E-state index contributed by atoms with van der Waals surface area (Å²) in [4.78, 5) is 18.5. The fourth-order valence-corrected chi connectivity index (χ4v) is 4.21. The molecular weight excluding hydrogens is 364 g/mol. The van der Waals surface area contributed by atoms with Crippen LogP contribution in [0.5, 0.6) is 5.75 Å². The molecule has 2 aliphatic heterocycles. The minimum Gasteiger partial charge on any atom is -0.494 e. The van der Waals surface area contributed by atoms with E-state index in [-0.39, 0.29) is 23.1 Å². The third-order valence-electron chi connectivity index (χ3n) is 5.71. The predicted molar refractivity (Wildman–Crippen MR) is 101 cm³/mol. The van der Waals surface area contributed by atoms with E-state index in [0.29, 0.717) is 24.5 Å². The van der Waals surface area contributed by atoms with E-state index in [1.54, 1.807) is 18.0 Å². The molecule has 1 aromatic carbocycles. The van der Waals surface area contributed by atoms with Gasteiger partial charge in [0.1, 0.15) is 22.9 Å². The summed E-state index contributed by atoms with van der Waals surface area (Å²) in [5, 5.41) is 3.41. The quantitative estimate of drug-likeness (QED) is 0.873. The number of hydrogen-bond donors (Lipinski definition) is 1. The summed E-state index contributed by atoms with van der Waals surface area (Å²) >= 11 is 0. The Balaban J connectivity index is 1.66. The van der Waals surface area contributed by atoms with E-state index in [2.05, 4.69) is 10.3 Å². The largest absolute Gasteiger partial charge is 0.494 e. The van der Waals surface area contributed by atoms with Crippen molar-refractivity contribution in [3.05, 3.63) is 47.8 Å². The molecule has 28 heavy (non-hydrogen) atoms. The first-order valence-corrected chi connectivity index (χ1v) is 9.55. The van der Waals surface area contributed by atoms with Crippen molar-refractivity contribution in [1.82, 2.24) is 15.2 Å². The highest BCUT2D eigenvalue weighted by molar-refractivity contribution is 5.88. The van der Waals surface area contributed by atoms with Crippen molar-refractivity contribution in [2.75, 3.05) is 20.2 Å². The minimum absolute atomic E-state index is 0.0906. The van der Waals surface area contributed by atoms with Gasteiger partial charge in [-0.3, -0.25) is 15.1 Å². The molecule has 0 unspecified atom stereocenters. The molecule has 148 valence electrons. The van der Waals surface area contributed by atoms with E-state index in [1.807, 2.05) is 6.92 Å². The molecule has 0 bridgehead atoms. The number of likely N-dealkylation sites (N-methyl/N-ethyl adjacent to an activating group) is 1. The van der Waals surface area contributed by atoms with Crippen LogP contribution in [0.3, 0.4) is 0 Å². The zero-order chi connectivity index (χ0) is 19.9. The lowest BCUT2D eigenvalue weighted by molar-refractivity contribution is -0.131. The van der Waals surface area contributed by atoms with Crippen LogP contribution in [-0.2, 0) is 4.79 Å². The van der Waals surface area contributed by atoms with Crippen LogP contribution < -0.4 is 10.1 Å². The van der Waals surface area contributed by atoms with E-state index in [9.17, 15) is 13.6 Å². The van der Waals surface area contributed by atoms with Crippen LogP contribution >= 0.6 is 0 Å². The first-order valence-electron chi connectivity index (χ1n) is 9.55. The number of ether oxygens (including phenoxy) is 1. The van der Waals surface area contributed by atoms with Gasteiger partial charge in [-0.1, -0.05) is 0 Å². The van der Waals surface area contributed by atoms with Gasteiger partial charge in [-0.2, -0.15) is 0 Å². The lowest BCUT2D eigenvalue weighted by atomic mass is 9.96. The Morgan fingerprint density at radius 2 is 2.04 bits per heavy atom. The van der Waals surface area contributed by atoms with Crippen molar-refractivity contribution in [3.8, 4) is 16.9 Å². The van der Waals surface area contributed by atoms with Crippen LogP contribution in [-0.4, -0.2) is 41.5 Å². The number of pyridine rings is 1. The van der Waals surface area contributed by atoms with Gasteiger partial charge in [0.2, 0.25) is 5.91 Å². The Labute approximate surface area is 162 Å². The third-order valence-corrected chi connectivity index (χ3v) is 5.71. The van der Waals surface area contributed by atoms with Crippen molar-refractivity contribution >= 4 is 5.91 Å². The Morgan fingerprint density at radius 1 is 1.25 bits per heavy atom. The number of rotatable bonds is 4. The number of nitrogens with zero attached hydrogens (tertiary/aromatic N) is 2. The van der Waals surface area contributed by atoms with Gasteiger partial charge in [0.15, 0.2) is 0 Å². The summed E-state index contributed by atoms with van der Waals surface area (Å²) in [6, 6.07) is 5.69. The maximum absolute atomic E-state index is 14.5. The Bertz CT molecular complexity index is 921. The summed E-state index contributed by atoms with van der Waals surface area (Å²) in [7, 11) is 1.80. The highest BCUT2D eigenvalue weighted by Crippen LogP contribution is 2.39. The molecule has 1 amide bonds. The molecule has 2 saturated heterocycles. The first-order chi connectivity index (χ1) is 13.4. The number of aromatic nitrogens is 1. The molecule has 3 heterocycles. The fourth-order valence-electron chi connectivity index (χ4n) is 4.21. The normalized spacial score (nSPS) is 24.4. The van der Waals surface area contributed by atoms with E-state index in [4.69, 9.17) is 4.74 Å². The van der Waals surface area contributed by atoms with E-state index in [1.165, 1.54) is 18.2 Å². The molecule has 5 nitrogen and oxygen atoms in total. The highest BCUT2D eigenvalue weighted by Gasteiger charge is 2.50. The molecule has 2 fully saturated rings. The summed E-state index contributed by atoms with van der Waals surface area (Å²) in [5.41, 5.74) is 0.325. The second-order valence-electron chi connectivity index (χ2n) is 7.46. The van der Waals surface area contributed by atoms with Gasteiger partial charge in [-0.05, 0) is 50.5 Å². The van der Waals surface area contributed by atoms with Gasteiger partial charge in [0.05, 0.1) is 24.5 Å². The molecule has 0 saturated carbocycles. The van der Waals surface area contributed by atoms with Crippen LogP contribution in [0.15, 0.2) is 30.5 Å².